The Morgan fingerprint density at radius 1 is 1.22 bits per heavy atom. The summed E-state index contributed by atoms with van der Waals surface area (Å²) in [6, 6.07) is 11.1. The fourth-order valence-corrected chi connectivity index (χ4v) is 4.56. The molecule has 4 rings (SSSR count). The standard InChI is InChI=1S/C20H22N4O2S/c25-18(22-13-15-6-2-3-9-21-15)14-7-8-17-16(12-14)23-19(26)20(27-17)24-10-4-1-5-11-24/h2-3,6-9,12,20H,1,4-5,10-11,13H2,(H,22,25)(H,23,26). The third-order valence-electron chi connectivity index (χ3n) is 4.84. The second kappa shape index (κ2) is 8.10. The van der Waals surface area contributed by atoms with Gasteiger partial charge in [0.15, 0.2) is 0 Å². The molecule has 0 aliphatic carbocycles. The molecular formula is C20H22N4O2S. The van der Waals surface area contributed by atoms with Gasteiger partial charge in [-0.3, -0.25) is 19.5 Å². The molecule has 7 heteroatoms. The van der Waals surface area contributed by atoms with E-state index >= 15 is 0 Å². The van der Waals surface area contributed by atoms with E-state index in [-0.39, 0.29) is 17.2 Å². The number of aromatic nitrogens is 1. The molecule has 1 fully saturated rings. The summed E-state index contributed by atoms with van der Waals surface area (Å²) in [5.41, 5.74) is 2.04. The fourth-order valence-electron chi connectivity index (χ4n) is 3.41. The Morgan fingerprint density at radius 3 is 2.85 bits per heavy atom. The second-order valence-corrected chi connectivity index (χ2v) is 7.89. The molecule has 1 saturated heterocycles. The minimum atomic E-state index is -0.180. The van der Waals surface area contributed by atoms with Crippen molar-refractivity contribution in [1.82, 2.24) is 15.2 Å². The Hall–Kier alpha value is -2.38. The number of nitrogens with zero attached hydrogens (tertiary/aromatic N) is 2. The lowest BCUT2D eigenvalue weighted by Gasteiger charge is -2.35. The van der Waals surface area contributed by atoms with Crippen LogP contribution in [-0.2, 0) is 11.3 Å². The Balaban J connectivity index is 1.44. The van der Waals surface area contributed by atoms with E-state index in [0.717, 1.165) is 36.5 Å². The maximum Gasteiger partial charge on any atom is 0.252 e. The zero-order valence-electron chi connectivity index (χ0n) is 15.0. The van der Waals surface area contributed by atoms with E-state index in [0.29, 0.717) is 17.8 Å². The van der Waals surface area contributed by atoms with Crippen LogP contribution in [0.3, 0.4) is 0 Å². The number of carbonyl (C=O) groups excluding carboxylic acids is 2. The van der Waals surface area contributed by atoms with Crippen molar-refractivity contribution in [1.29, 1.82) is 0 Å². The fraction of sp³-hybridized carbons (Fsp3) is 0.350. The minimum absolute atomic E-state index is 0.000411. The first-order valence-corrected chi connectivity index (χ1v) is 10.1. The van der Waals surface area contributed by atoms with E-state index in [1.165, 1.54) is 6.42 Å². The summed E-state index contributed by atoms with van der Waals surface area (Å²) in [7, 11) is 0. The molecule has 140 valence electrons. The predicted octanol–water partition coefficient (Wildman–Crippen LogP) is 2.87. The molecule has 0 bridgehead atoms. The Morgan fingerprint density at radius 2 is 2.07 bits per heavy atom. The van der Waals surface area contributed by atoms with E-state index in [1.807, 2.05) is 30.3 Å². The Kier molecular flexibility index (Phi) is 5.40. The van der Waals surface area contributed by atoms with E-state index in [9.17, 15) is 9.59 Å². The molecule has 1 atom stereocenters. The number of carbonyl (C=O) groups is 2. The van der Waals surface area contributed by atoms with Gasteiger partial charge in [0.05, 0.1) is 17.9 Å². The maximum atomic E-state index is 12.6. The number of hydrogen-bond acceptors (Lipinski definition) is 5. The van der Waals surface area contributed by atoms with Crippen molar-refractivity contribution in [3.8, 4) is 0 Å². The number of amides is 2. The van der Waals surface area contributed by atoms with Crippen LogP contribution in [0.1, 0.15) is 35.3 Å². The van der Waals surface area contributed by atoms with Crippen molar-refractivity contribution in [2.75, 3.05) is 18.4 Å². The first-order valence-electron chi connectivity index (χ1n) is 9.24. The Bertz CT molecular complexity index is 837. The van der Waals surface area contributed by atoms with Crippen molar-refractivity contribution < 1.29 is 9.59 Å². The molecule has 1 unspecified atom stereocenters. The topological polar surface area (TPSA) is 74.3 Å². The molecule has 2 N–H and O–H groups in total. The molecule has 3 heterocycles. The highest BCUT2D eigenvalue weighted by molar-refractivity contribution is 8.00. The molecule has 27 heavy (non-hydrogen) atoms. The molecule has 1 aromatic heterocycles. The van der Waals surface area contributed by atoms with Crippen molar-refractivity contribution in [3.63, 3.8) is 0 Å². The molecule has 6 nitrogen and oxygen atoms in total. The second-order valence-electron chi connectivity index (χ2n) is 6.77. The number of anilines is 1. The van der Waals surface area contributed by atoms with Gasteiger partial charge in [-0.15, -0.1) is 0 Å². The van der Waals surface area contributed by atoms with Crippen LogP contribution in [0.15, 0.2) is 47.5 Å². The first-order chi connectivity index (χ1) is 13.2. The van der Waals surface area contributed by atoms with Gasteiger partial charge in [-0.25, -0.2) is 0 Å². The molecule has 2 amide bonds. The number of rotatable bonds is 4. The van der Waals surface area contributed by atoms with Crippen LogP contribution < -0.4 is 10.6 Å². The Labute approximate surface area is 162 Å². The van der Waals surface area contributed by atoms with Crippen LogP contribution in [0.4, 0.5) is 5.69 Å². The van der Waals surface area contributed by atoms with Gasteiger partial charge in [-0.2, -0.15) is 0 Å². The molecule has 0 radical (unpaired) electrons. The number of hydrogen-bond donors (Lipinski definition) is 2. The molecule has 2 aromatic rings. The van der Waals surface area contributed by atoms with E-state index < -0.39 is 0 Å². The lowest BCUT2D eigenvalue weighted by atomic mass is 10.1. The SMILES string of the molecule is O=C(NCc1ccccn1)c1ccc2c(c1)NC(=O)C(N1CCCCC1)S2. The molecule has 2 aliphatic heterocycles. The van der Waals surface area contributed by atoms with E-state index in [1.54, 1.807) is 24.0 Å². The van der Waals surface area contributed by atoms with Crippen LogP contribution in [0.2, 0.25) is 0 Å². The minimum Gasteiger partial charge on any atom is -0.346 e. The van der Waals surface area contributed by atoms with E-state index in [2.05, 4.69) is 20.5 Å². The summed E-state index contributed by atoms with van der Waals surface area (Å²) < 4.78 is 0. The van der Waals surface area contributed by atoms with Crippen molar-refractivity contribution in [3.05, 3.63) is 53.9 Å². The van der Waals surface area contributed by atoms with Crippen LogP contribution in [0, 0.1) is 0 Å². The van der Waals surface area contributed by atoms with Crippen LogP contribution >= 0.6 is 11.8 Å². The molecule has 2 aliphatic rings. The normalized spacial score (nSPS) is 19.9. The quantitative estimate of drug-likeness (QED) is 0.851. The predicted molar refractivity (Wildman–Crippen MR) is 106 cm³/mol. The average molecular weight is 382 g/mol. The summed E-state index contributed by atoms with van der Waals surface area (Å²) in [6.07, 6.45) is 5.23. The highest BCUT2D eigenvalue weighted by atomic mass is 32.2. The zero-order valence-corrected chi connectivity index (χ0v) is 15.8. The molecule has 1 aromatic carbocycles. The summed E-state index contributed by atoms with van der Waals surface area (Å²) in [4.78, 5) is 32.4. The monoisotopic (exact) mass is 382 g/mol. The van der Waals surface area contributed by atoms with Crippen LogP contribution in [0.25, 0.3) is 0 Å². The van der Waals surface area contributed by atoms with Gasteiger partial charge in [0, 0.05) is 16.7 Å². The molecular weight excluding hydrogens is 360 g/mol. The lowest BCUT2D eigenvalue weighted by molar-refractivity contribution is -0.118. The number of fused-ring (bicyclic) bond motifs is 1. The number of benzene rings is 1. The largest absolute Gasteiger partial charge is 0.346 e. The van der Waals surface area contributed by atoms with Crippen molar-refractivity contribution in [2.24, 2.45) is 0 Å². The molecule has 0 saturated carbocycles. The third-order valence-corrected chi connectivity index (χ3v) is 6.19. The van der Waals surface area contributed by atoms with Gasteiger partial charge in [0.2, 0.25) is 0 Å². The number of thioether (sulfide) groups is 1. The average Bonchev–Trinajstić information content (AvgIpc) is 2.72. The smallest absolute Gasteiger partial charge is 0.252 e. The summed E-state index contributed by atoms with van der Waals surface area (Å²) >= 11 is 1.57. The summed E-state index contributed by atoms with van der Waals surface area (Å²) in [6.45, 7) is 2.30. The van der Waals surface area contributed by atoms with E-state index in [4.69, 9.17) is 0 Å². The van der Waals surface area contributed by atoms with Gasteiger partial charge in [0.25, 0.3) is 11.8 Å². The van der Waals surface area contributed by atoms with Gasteiger partial charge >= 0.3 is 0 Å². The summed E-state index contributed by atoms with van der Waals surface area (Å²) in [5, 5.41) is 5.67. The number of nitrogens with one attached hydrogen (secondary N) is 2. The number of pyridine rings is 1. The lowest BCUT2D eigenvalue weighted by Crippen LogP contribution is -2.46. The third kappa shape index (κ3) is 4.14. The summed E-state index contributed by atoms with van der Waals surface area (Å²) in [5.74, 6) is -0.179. The highest BCUT2D eigenvalue weighted by Crippen LogP contribution is 2.38. The highest BCUT2D eigenvalue weighted by Gasteiger charge is 2.33. The van der Waals surface area contributed by atoms with Gasteiger partial charge in [0.1, 0.15) is 5.37 Å². The number of piperidine rings is 1. The van der Waals surface area contributed by atoms with Gasteiger partial charge < -0.3 is 10.6 Å². The number of likely N-dealkylation sites (tertiary alicyclic amines) is 1. The van der Waals surface area contributed by atoms with Gasteiger partial charge in [-0.1, -0.05) is 24.2 Å². The van der Waals surface area contributed by atoms with Gasteiger partial charge in [-0.05, 0) is 56.3 Å². The van der Waals surface area contributed by atoms with Crippen LogP contribution in [-0.4, -0.2) is 40.2 Å². The first kappa shape index (κ1) is 18.0. The van der Waals surface area contributed by atoms with Crippen LogP contribution in [0.5, 0.6) is 0 Å². The van der Waals surface area contributed by atoms with Crippen molar-refractivity contribution in [2.45, 2.75) is 36.1 Å². The maximum absolute atomic E-state index is 12.6. The molecule has 0 spiro atoms. The van der Waals surface area contributed by atoms with Crippen molar-refractivity contribution >= 4 is 29.3 Å². The zero-order chi connectivity index (χ0) is 18.6.